The van der Waals surface area contributed by atoms with Crippen LogP contribution in [0.5, 0.6) is 11.5 Å². The Kier molecular flexibility index (Phi) is 4.53. The van der Waals surface area contributed by atoms with Crippen molar-refractivity contribution in [3.8, 4) is 33.8 Å². The van der Waals surface area contributed by atoms with E-state index in [2.05, 4.69) is 66.4 Å². The molecule has 3 nitrogen and oxygen atoms in total. The summed E-state index contributed by atoms with van der Waals surface area (Å²) in [5.74, 6) is 1.65. The molecule has 3 aromatic carbocycles. The van der Waals surface area contributed by atoms with Crippen LogP contribution in [0.15, 0.2) is 66.7 Å². The van der Waals surface area contributed by atoms with E-state index in [1.807, 2.05) is 12.1 Å². The molecule has 2 aliphatic heterocycles. The maximum Gasteiger partial charge on any atom is 0.231 e. The van der Waals surface area contributed by atoms with E-state index in [4.69, 9.17) is 9.47 Å². The summed E-state index contributed by atoms with van der Waals surface area (Å²) in [6, 6.07) is 24.4. The average Bonchev–Trinajstić information content (AvgIpc) is 3.45. The van der Waals surface area contributed by atoms with E-state index in [1.165, 1.54) is 48.2 Å². The van der Waals surface area contributed by atoms with Crippen molar-refractivity contribution in [3.05, 3.63) is 72.3 Å². The summed E-state index contributed by atoms with van der Waals surface area (Å²) < 4.78 is 10.9. The summed E-state index contributed by atoms with van der Waals surface area (Å²) in [5, 5.41) is 0. The topological polar surface area (TPSA) is 21.7 Å². The van der Waals surface area contributed by atoms with Gasteiger partial charge in [0.25, 0.3) is 0 Å². The molecule has 1 fully saturated rings. The normalized spacial score (nSPS) is 17.0. The summed E-state index contributed by atoms with van der Waals surface area (Å²) in [7, 11) is 0. The predicted molar refractivity (Wildman–Crippen MR) is 113 cm³/mol. The van der Waals surface area contributed by atoms with Gasteiger partial charge in [-0.3, -0.25) is 4.90 Å². The van der Waals surface area contributed by atoms with Crippen molar-refractivity contribution in [2.24, 2.45) is 0 Å². The molecule has 0 amide bonds. The first-order chi connectivity index (χ1) is 13.8. The Morgan fingerprint density at radius 1 is 0.679 bits per heavy atom. The fraction of sp³-hybridized carbons (Fsp3) is 0.280. The number of rotatable bonds is 4. The molecule has 0 aliphatic carbocycles. The Hall–Kier alpha value is -2.78. The van der Waals surface area contributed by atoms with E-state index in [0.717, 1.165) is 17.1 Å². The van der Waals surface area contributed by atoms with Crippen LogP contribution in [-0.4, -0.2) is 24.8 Å². The SMILES string of the molecule is CC(c1ccc(-c2ccc(-c3ccc4c(c3)OCO4)cc2)cc1)N1CCCC1. The van der Waals surface area contributed by atoms with Gasteiger partial charge in [-0.2, -0.15) is 0 Å². The maximum absolute atomic E-state index is 5.50. The first kappa shape index (κ1) is 17.3. The van der Waals surface area contributed by atoms with Crippen molar-refractivity contribution in [3.63, 3.8) is 0 Å². The van der Waals surface area contributed by atoms with Crippen molar-refractivity contribution in [2.75, 3.05) is 19.9 Å². The number of hydrogen-bond donors (Lipinski definition) is 0. The number of nitrogens with zero attached hydrogens (tertiary/aromatic N) is 1. The Morgan fingerprint density at radius 2 is 1.21 bits per heavy atom. The van der Waals surface area contributed by atoms with Crippen LogP contribution in [-0.2, 0) is 0 Å². The summed E-state index contributed by atoms with van der Waals surface area (Å²) in [6.07, 6.45) is 2.66. The van der Waals surface area contributed by atoms with Crippen LogP contribution in [0, 0.1) is 0 Å². The minimum Gasteiger partial charge on any atom is -0.454 e. The van der Waals surface area contributed by atoms with Crippen molar-refractivity contribution < 1.29 is 9.47 Å². The van der Waals surface area contributed by atoms with E-state index >= 15 is 0 Å². The van der Waals surface area contributed by atoms with Gasteiger partial charge in [0.05, 0.1) is 0 Å². The van der Waals surface area contributed by atoms with E-state index in [0.29, 0.717) is 12.8 Å². The molecule has 3 aromatic rings. The standard InChI is InChI=1S/C25H25NO2/c1-18(26-14-2-3-15-26)19-4-6-20(7-5-19)21-8-10-22(11-9-21)23-12-13-24-25(16-23)28-17-27-24/h4-13,16,18H,2-3,14-15,17H2,1H3. The summed E-state index contributed by atoms with van der Waals surface area (Å²) in [5.41, 5.74) is 6.23. The molecule has 1 unspecified atom stereocenters. The molecule has 28 heavy (non-hydrogen) atoms. The van der Waals surface area contributed by atoms with Gasteiger partial charge in [-0.25, -0.2) is 0 Å². The molecular weight excluding hydrogens is 346 g/mol. The second kappa shape index (κ2) is 7.33. The van der Waals surface area contributed by atoms with Crippen LogP contribution in [0.25, 0.3) is 22.3 Å². The lowest BCUT2D eigenvalue weighted by Gasteiger charge is -2.24. The van der Waals surface area contributed by atoms with Crippen molar-refractivity contribution in [2.45, 2.75) is 25.8 Å². The van der Waals surface area contributed by atoms with Gasteiger partial charge in [0.1, 0.15) is 0 Å². The highest BCUT2D eigenvalue weighted by molar-refractivity contribution is 5.72. The zero-order valence-corrected chi connectivity index (χ0v) is 16.2. The fourth-order valence-corrected chi connectivity index (χ4v) is 4.23. The Labute approximate surface area is 166 Å². The van der Waals surface area contributed by atoms with Gasteiger partial charge in [-0.1, -0.05) is 54.6 Å². The molecule has 142 valence electrons. The Bertz CT molecular complexity index is 957. The molecule has 1 atom stereocenters. The van der Waals surface area contributed by atoms with E-state index in [1.54, 1.807) is 0 Å². The number of fused-ring (bicyclic) bond motifs is 1. The maximum atomic E-state index is 5.50. The second-order valence-corrected chi connectivity index (χ2v) is 7.69. The molecule has 2 heterocycles. The number of ether oxygens (including phenoxy) is 2. The minimum absolute atomic E-state index is 0.310. The summed E-state index contributed by atoms with van der Waals surface area (Å²) in [4.78, 5) is 2.58. The summed E-state index contributed by atoms with van der Waals surface area (Å²) in [6.45, 7) is 5.08. The second-order valence-electron chi connectivity index (χ2n) is 7.69. The number of benzene rings is 3. The van der Waals surface area contributed by atoms with Gasteiger partial charge in [0.15, 0.2) is 11.5 Å². The predicted octanol–water partition coefficient (Wildman–Crippen LogP) is 5.91. The third-order valence-corrected chi connectivity index (χ3v) is 6.01. The van der Waals surface area contributed by atoms with Gasteiger partial charge in [0, 0.05) is 6.04 Å². The molecule has 0 radical (unpaired) electrons. The van der Waals surface area contributed by atoms with Gasteiger partial charge in [-0.15, -0.1) is 0 Å². The van der Waals surface area contributed by atoms with Gasteiger partial charge in [-0.05, 0) is 72.8 Å². The zero-order chi connectivity index (χ0) is 18.9. The molecule has 0 saturated carbocycles. The lowest BCUT2D eigenvalue weighted by Crippen LogP contribution is -2.23. The van der Waals surface area contributed by atoms with Crippen LogP contribution in [0.4, 0.5) is 0 Å². The van der Waals surface area contributed by atoms with Gasteiger partial charge < -0.3 is 9.47 Å². The molecule has 2 aliphatic rings. The van der Waals surface area contributed by atoms with Crippen LogP contribution in [0.2, 0.25) is 0 Å². The largest absolute Gasteiger partial charge is 0.454 e. The van der Waals surface area contributed by atoms with Gasteiger partial charge >= 0.3 is 0 Å². The monoisotopic (exact) mass is 371 g/mol. The number of likely N-dealkylation sites (tertiary alicyclic amines) is 1. The lowest BCUT2D eigenvalue weighted by atomic mass is 9.98. The van der Waals surface area contributed by atoms with Crippen molar-refractivity contribution >= 4 is 0 Å². The smallest absolute Gasteiger partial charge is 0.231 e. The lowest BCUT2D eigenvalue weighted by molar-refractivity contribution is 0.174. The van der Waals surface area contributed by atoms with Crippen molar-refractivity contribution in [1.29, 1.82) is 0 Å². The van der Waals surface area contributed by atoms with Gasteiger partial charge in [0.2, 0.25) is 6.79 Å². The minimum atomic E-state index is 0.310. The molecule has 0 bridgehead atoms. The molecule has 0 aromatic heterocycles. The highest BCUT2D eigenvalue weighted by Gasteiger charge is 2.19. The first-order valence-corrected chi connectivity index (χ1v) is 10.1. The highest BCUT2D eigenvalue weighted by atomic mass is 16.7. The highest BCUT2D eigenvalue weighted by Crippen LogP contribution is 2.36. The van der Waals surface area contributed by atoms with Crippen LogP contribution < -0.4 is 9.47 Å². The quantitative estimate of drug-likeness (QED) is 0.569. The summed E-state index contributed by atoms with van der Waals surface area (Å²) >= 11 is 0. The van der Waals surface area contributed by atoms with E-state index in [9.17, 15) is 0 Å². The van der Waals surface area contributed by atoms with E-state index in [-0.39, 0.29) is 0 Å². The fourth-order valence-electron chi connectivity index (χ4n) is 4.23. The molecule has 1 saturated heterocycles. The molecule has 3 heteroatoms. The first-order valence-electron chi connectivity index (χ1n) is 10.1. The van der Waals surface area contributed by atoms with Crippen molar-refractivity contribution in [1.82, 2.24) is 4.90 Å². The third-order valence-electron chi connectivity index (χ3n) is 6.01. The van der Waals surface area contributed by atoms with Crippen LogP contribution in [0.3, 0.4) is 0 Å². The van der Waals surface area contributed by atoms with Crippen LogP contribution >= 0.6 is 0 Å². The number of hydrogen-bond acceptors (Lipinski definition) is 3. The third kappa shape index (κ3) is 3.27. The van der Waals surface area contributed by atoms with E-state index < -0.39 is 0 Å². The zero-order valence-electron chi connectivity index (χ0n) is 16.2. The molecular formula is C25H25NO2. The average molecular weight is 371 g/mol. The van der Waals surface area contributed by atoms with Crippen LogP contribution in [0.1, 0.15) is 31.4 Å². The Balaban J connectivity index is 1.34. The molecule has 0 spiro atoms. The molecule has 5 rings (SSSR count). The Morgan fingerprint density at radius 3 is 1.89 bits per heavy atom. The molecule has 0 N–H and O–H groups in total.